The van der Waals surface area contributed by atoms with Crippen molar-refractivity contribution in [3.63, 3.8) is 0 Å². The van der Waals surface area contributed by atoms with E-state index in [0.29, 0.717) is 5.92 Å². The molecule has 1 aromatic heterocycles. The average molecular weight is 245 g/mol. The highest BCUT2D eigenvalue weighted by atomic mass is 15.0. The fourth-order valence-electron chi connectivity index (χ4n) is 3.66. The van der Waals surface area contributed by atoms with Gasteiger partial charge in [-0.15, -0.1) is 0 Å². The molecule has 3 nitrogen and oxygen atoms in total. The van der Waals surface area contributed by atoms with Gasteiger partial charge in [0.25, 0.3) is 0 Å². The summed E-state index contributed by atoms with van der Waals surface area (Å²) in [6.07, 6.45) is 6.70. The summed E-state index contributed by atoms with van der Waals surface area (Å²) in [5, 5.41) is 3.39. The van der Waals surface area contributed by atoms with Gasteiger partial charge in [0.1, 0.15) is 11.6 Å². The van der Waals surface area contributed by atoms with E-state index in [2.05, 4.69) is 25.2 Å². The highest BCUT2D eigenvalue weighted by molar-refractivity contribution is 5.36. The largest absolute Gasteiger partial charge is 0.370 e. The molecule has 2 fully saturated rings. The predicted molar refractivity (Wildman–Crippen MR) is 73.7 cm³/mol. The van der Waals surface area contributed by atoms with Crippen LogP contribution in [-0.2, 0) is 0 Å². The molecular weight excluding hydrogens is 222 g/mol. The summed E-state index contributed by atoms with van der Waals surface area (Å²) in [5.74, 6) is 4.56. The highest BCUT2D eigenvalue weighted by Gasteiger charge is 2.41. The maximum Gasteiger partial charge on any atom is 0.134 e. The van der Waals surface area contributed by atoms with Gasteiger partial charge in [-0.2, -0.15) is 0 Å². The molecule has 1 N–H and O–H groups in total. The summed E-state index contributed by atoms with van der Waals surface area (Å²) in [6.45, 7) is 5.25. The Hall–Kier alpha value is -1.12. The van der Waals surface area contributed by atoms with Gasteiger partial charge in [0, 0.05) is 24.2 Å². The van der Waals surface area contributed by atoms with Crippen LogP contribution in [0.2, 0.25) is 0 Å². The number of aromatic nitrogens is 2. The van der Waals surface area contributed by atoms with Crippen molar-refractivity contribution in [3.8, 4) is 0 Å². The van der Waals surface area contributed by atoms with Gasteiger partial charge >= 0.3 is 0 Å². The van der Waals surface area contributed by atoms with Crippen LogP contribution in [0.25, 0.3) is 0 Å². The smallest absolute Gasteiger partial charge is 0.134 e. The van der Waals surface area contributed by atoms with Crippen LogP contribution in [0.4, 0.5) is 5.82 Å². The molecule has 0 saturated heterocycles. The van der Waals surface area contributed by atoms with Crippen LogP contribution < -0.4 is 5.32 Å². The van der Waals surface area contributed by atoms with E-state index in [9.17, 15) is 0 Å². The fraction of sp³-hybridized carbons (Fsp3) is 0.733. The van der Waals surface area contributed by atoms with Crippen LogP contribution in [-0.4, -0.2) is 16.5 Å². The van der Waals surface area contributed by atoms with Crippen molar-refractivity contribution < 1.29 is 0 Å². The molecule has 3 rings (SSSR count). The lowest BCUT2D eigenvalue weighted by atomic mass is 9.88. The molecule has 1 heterocycles. The van der Waals surface area contributed by atoms with E-state index in [1.807, 2.05) is 0 Å². The molecule has 0 amide bonds. The van der Waals surface area contributed by atoms with Gasteiger partial charge < -0.3 is 5.32 Å². The molecule has 3 heteroatoms. The molecule has 2 saturated carbocycles. The molecule has 3 atom stereocenters. The molecule has 2 aliphatic rings. The van der Waals surface area contributed by atoms with Crippen LogP contribution in [0.15, 0.2) is 6.07 Å². The molecule has 2 bridgehead atoms. The summed E-state index contributed by atoms with van der Waals surface area (Å²) in [6, 6.07) is 2.06. The van der Waals surface area contributed by atoms with E-state index in [1.54, 1.807) is 0 Å². The average Bonchev–Trinajstić information content (AvgIpc) is 2.98. The Morgan fingerprint density at radius 3 is 2.83 bits per heavy atom. The van der Waals surface area contributed by atoms with Gasteiger partial charge in [0.15, 0.2) is 0 Å². The number of hydrogen-bond acceptors (Lipinski definition) is 3. The SMILES string of the molecule is CCCNc1cc(C)nc(C2CC3CCC2C3)n1. The van der Waals surface area contributed by atoms with E-state index >= 15 is 0 Å². The van der Waals surface area contributed by atoms with Crippen LogP contribution in [0.1, 0.15) is 56.5 Å². The second-order valence-electron chi connectivity index (χ2n) is 5.96. The quantitative estimate of drug-likeness (QED) is 0.882. The summed E-state index contributed by atoms with van der Waals surface area (Å²) in [7, 11) is 0. The lowest BCUT2D eigenvalue weighted by Crippen LogP contribution is -2.14. The molecule has 0 aliphatic heterocycles. The molecule has 0 spiro atoms. The summed E-state index contributed by atoms with van der Waals surface area (Å²) in [4.78, 5) is 9.44. The number of nitrogens with one attached hydrogen (secondary N) is 1. The Kier molecular flexibility index (Phi) is 3.23. The third-order valence-corrected chi connectivity index (χ3v) is 4.50. The topological polar surface area (TPSA) is 37.8 Å². The van der Waals surface area contributed by atoms with E-state index in [-0.39, 0.29) is 0 Å². The number of hydrogen-bond donors (Lipinski definition) is 1. The van der Waals surface area contributed by atoms with Crippen molar-refractivity contribution in [2.45, 2.75) is 51.9 Å². The lowest BCUT2D eigenvalue weighted by molar-refractivity contribution is 0.405. The minimum atomic E-state index is 0.630. The zero-order valence-electron chi connectivity index (χ0n) is 11.4. The second kappa shape index (κ2) is 4.87. The Bertz CT molecular complexity index is 430. The van der Waals surface area contributed by atoms with Gasteiger partial charge in [0.05, 0.1) is 0 Å². The van der Waals surface area contributed by atoms with Crippen molar-refractivity contribution in [1.29, 1.82) is 0 Å². The van der Waals surface area contributed by atoms with Crippen LogP contribution in [0.3, 0.4) is 0 Å². The van der Waals surface area contributed by atoms with Crippen molar-refractivity contribution in [1.82, 2.24) is 9.97 Å². The molecule has 1 aromatic rings. The number of aryl methyl sites for hydroxylation is 1. The molecule has 0 radical (unpaired) electrons. The summed E-state index contributed by atoms with van der Waals surface area (Å²) < 4.78 is 0. The van der Waals surface area contributed by atoms with Crippen LogP contribution in [0, 0.1) is 18.8 Å². The highest BCUT2D eigenvalue weighted by Crippen LogP contribution is 2.52. The first-order valence-corrected chi connectivity index (χ1v) is 7.35. The van der Waals surface area contributed by atoms with Gasteiger partial charge in [-0.3, -0.25) is 0 Å². The number of rotatable bonds is 4. The van der Waals surface area contributed by atoms with E-state index in [1.165, 1.54) is 25.7 Å². The number of fused-ring (bicyclic) bond motifs is 2. The molecule has 0 aromatic carbocycles. The molecule has 2 aliphatic carbocycles. The number of anilines is 1. The Balaban J connectivity index is 1.81. The van der Waals surface area contributed by atoms with Crippen LogP contribution in [0.5, 0.6) is 0 Å². The van der Waals surface area contributed by atoms with Crippen LogP contribution >= 0.6 is 0 Å². The second-order valence-corrected chi connectivity index (χ2v) is 5.96. The van der Waals surface area contributed by atoms with Crippen molar-refractivity contribution in [2.24, 2.45) is 11.8 Å². The third-order valence-electron chi connectivity index (χ3n) is 4.50. The fourth-order valence-corrected chi connectivity index (χ4v) is 3.66. The number of nitrogens with zero attached hydrogens (tertiary/aromatic N) is 2. The maximum atomic E-state index is 4.75. The Morgan fingerprint density at radius 2 is 2.17 bits per heavy atom. The first-order chi connectivity index (χ1) is 8.76. The van der Waals surface area contributed by atoms with Crippen molar-refractivity contribution >= 4 is 5.82 Å². The molecule has 18 heavy (non-hydrogen) atoms. The van der Waals surface area contributed by atoms with Gasteiger partial charge in [0.2, 0.25) is 0 Å². The maximum absolute atomic E-state index is 4.75. The Labute approximate surface area is 109 Å². The van der Waals surface area contributed by atoms with E-state index < -0.39 is 0 Å². The molecule has 3 unspecified atom stereocenters. The van der Waals surface area contributed by atoms with Crippen molar-refractivity contribution in [2.75, 3.05) is 11.9 Å². The van der Waals surface area contributed by atoms with Gasteiger partial charge in [-0.1, -0.05) is 13.3 Å². The summed E-state index contributed by atoms with van der Waals surface area (Å²) in [5.41, 5.74) is 1.10. The standard InChI is InChI=1S/C15H23N3/c1-3-6-16-14-7-10(2)17-15(18-14)13-9-11-4-5-12(13)8-11/h7,11-13H,3-6,8-9H2,1-2H3,(H,16,17,18). The van der Waals surface area contributed by atoms with E-state index in [0.717, 1.165) is 42.1 Å². The van der Waals surface area contributed by atoms with Crippen molar-refractivity contribution in [3.05, 3.63) is 17.6 Å². The molecule has 98 valence electrons. The normalized spacial score (nSPS) is 29.8. The Morgan fingerprint density at radius 1 is 1.28 bits per heavy atom. The monoisotopic (exact) mass is 245 g/mol. The minimum Gasteiger partial charge on any atom is -0.370 e. The lowest BCUT2D eigenvalue weighted by Gasteiger charge is -2.21. The first kappa shape index (κ1) is 11.9. The van der Waals surface area contributed by atoms with Gasteiger partial charge in [-0.05, 0) is 44.4 Å². The summed E-state index contributed by atoms with van der Waals surface area (Å²) >= 11 is 0. The first-order valence-electron chi connectivity index (χ1n) is 7.35. The van der Waals surface area contributed by atoms with E-state index in [4.69, 9.17) is 9.97 Å². The van der Waals surface area contributed by atoms with Gasteiger partial charge in [-0.25, -0.2) is 9.97 Å². The zero-order chi connectivity index (χ0) is 12.5. The predicted octanol–water partition coefficient (Wildman–Crippen LogP) is 3.51. The minimum absolute atomic E-state index is 0.630. The molecular formula is C15H23N3. The third kappa shape index (κ3) is 2.23. The zero-order valence-corrected chi connectivity index (χ0v) is 11.4.